The number of aryl methyl sites for hydroxylation is 1. The zero-order valence-electron chi connectivity index (χ0n) is 6.93. The first-order valence-electron chi connectivity index (χ1n) is 3.78. The van der Waals surface area contributed by atoms with Gasteiger partial charge in [-0.05, 0) is 12.8 Å². The highest BCUT2D eigenvalue weighted by Gasteiger charge is 1.96. The lowest BCUT2D eigenvalue weighted by Crippen LogP contribution is -1.88. The third-order valence-corrected chi connectivity index (χ3v) is 2.12. The first-order chi connectivity index (χ1) is 6.18. The van der Waals surface area contributed by atoms with Crippen LogP contribution in [0.5, 0.6) is 0 Å². The first-order valence-corrected chi connectivity index (χ1v) is 4.66. The van der Waals surface area contributed by atoms with Crippen LogP contribution in [-0.2, 0) is 11.2 Å². The van der Waals surface area contributed by atoms with Crippen molar-refractivity contribution in [3.8, 4) is 0 Å². The van der Waals surface area contributed by atoms with Gasteiger partial charge in [-0.3, -0.25) is 0 Å². The maximum absolute atomic E-state index is 10.1. The van der Waals surface area contributed by atoms with Gasteiger partial charge in [0.1, 0.15) is 0 Å². The van der Waals surface area contributed by atoms with Crippen LogP contribution in [0.1, 0.15) is 12.1 Å². The third kappa shape index (κ3) is 3.71. The van der Waals surface area contributed by atoms with Gasteiger partial charge >= 0.3 is 5.97 Å². The molecule has 1 rings (SSSR count). The summed E-state index contributed by atoms with van der Waals surface area (Å²) in [4.78, 5) is 14.1. The van der Waals surface area contributed by atoms with E-state index in [4.69, 9.17) is 10.8 Å². The standard InChI is InChI=1S/C8H10N2O2S/c9-8-10-6(5-13-8)3-1-2-4-7(11)12/h2,4-5H,1,3H2,(H2,9,10)(H,11,12). The molecule has 13 heavy (non-hydrogen) atoms. The number of nitrogen functional groups attached to an aromatic ring is 1. The van der Waals surface area contributed by atoms with Gasteiger partial charge in [0.2, 0.25) is 0 Å². The van der Waals surface area contributed by atoms with E-state index in [0.717, 1.165) is 18.2 Å². The minimum absolute atomic E-state index is 0.553. The predicted molar refractivity (Wildman–Crippen MR) is 51.6 cm³/mol. The van der Waals surface area contributed by atoms with Gasteiger partial charge in [-0.15, -0.1) is 11.3 Å². The zero-order chi connectivity index (χ0) is 9.68. The van der Waals surface area contributed by atoms with Crippen LogP contribution >= 0.6 is 11.3 Å². The van der Waals surface area contributed by atoms with Gasteiger partial charge in [0.25, 0.3) is 0 Å². The normalized spacial score (nSPS) is 10.8. The summed E-state index contributed by atoms with van der Waals surface area (Å²) in [5, 5.41) is 10.7. The van der Waals surface area contributed by atoms with Gasteiger partial charge in [-0.1, -0.05) is 6.08 Å². The third-order valence-electron chi connectivity index (χ3n) is 1.40. The first kappa shape index (κ1) is 9.73. The SMILES string of the molecule is Nc1nc(CCC=CC(=O)O)cs1. The number of carboxylic acid groups (broad SMARTS) is 1. The van der Waals surface area contributed by atoms with E-state index in [0.29, 0.717) is 11.6 Å². The molecular weight excluding hydrogens is 188 g/mol. The Morgan fingerprint density at radius 2 is 2.54 bits per heavy atom. The highest BCUT2D eigenvalue weighted by Crippen LogP contribution is 2.12. The molecule has 0 spiro atoms. The quantitative estimate of drug-likeness (QED) is 0.715. The van der Waals surface area contributed by atoms with Crippen LogP contribution in [-0.4, -0.2) is 16.1 Å². The monoisotopic (exact) mass is 198 g/mol. The molecule has 0 aromatic carbocycles. The molecule has 0 aliphatic rings. The minimum atomic E-state index is -0.919. The van der Waals surface area contributed by atoms with Crippen molar-refractivity contribution in [2.75, 3.05) is 5.73 Å². The molecule has 0 saturated heterocycles. The average Bonchev–Trinajstić information content (AvgIpc) is 2.45. The molecule has 0 amide bonds. The van der Waals surface area contributed by atoms with Crippen molar-refractivity contribution in [3.05, 3.63) is 23.2 Å². The van der Waals surface area contributed by atoms with E-state index in [-0.39, 0.29) is 0 Å². The fourth-order valence-electron chi connectivity index (χ4n) is 0.853. The number of carboxylic acids is 1. The Hall–Kier alpha value is -1.36. The fourth-order valence-corrected chi connectivity index (χ4v) is 1.45. The van der Waals surface area contributed by atoms with Crippen LogP contribution < -0.4 is 5.73 Å². The number of allylic oxidation sites excluding steroid dienone is 1. The number of nitrogens with zero attached hydrogens (tertiary/aromatic N) is 1. The lowest BCUT2D eigenvalue weighted by atomic mass is 10.2. The van der Waals surface area contributed by atoms with Crippen molar-refractivity contribution in [2.45, 2.75) is 12.8 Å². The van der Waals surface area contributed by atoms with Crippen LogP contribution in [0.3, 0.4) is 0 Å². The summed E-state index contributed by atoms with van der Waals surface area (Å²) in [6, 6.07) is 0. The molecule has 4 nitrogen and oxygen atoms in total. The molecule has 5 heteroatoms. The molecule has 3 N–H and O–H groups in total. The number of rotatable bonds is 4. The van der Waals surface area contributed by atoms with Crippen molar-refractivity contribution in [1.82, 2.24) is 4.98 Å². The van der Waals surface area contributed by atoms with E-state index in [1.54, 1.807) is 6.08 Å². The summed E-state index contributed by atoms with van der Waals surface area (Å²) in [5.41, 5.74) is 6.34. The number of hydrogen-bond acceptors (Lipinski definition) is 4. The summed E-state index contributed by atoms with van der Waals surface area (Å²) in [6.45, 7) is 0. The molecule has 70 valence electrons. The van der Waals surface area contributed by atoms with Crippen LogP contribution in [0, 0.1) is 0 Å². The highest BCUT2D eigenvalue weighted by molar-refractivity contribution is 7.13. The predicted octanol–water partition coefficient (Wildman–Crippen LogP) is 1.30. The molecule has 0 aliphatic carbocycles. The van der Waals surface area contributed by atoms with E-state index >= 15 is 0 Å². The van der Waals surface area contributed by atoms with Crippen molar-refractivity contribution in [3.63, 3.8) is 0 Å². The number of aromatic nitrogens is 1. The maximum atomic E-state index is 10.1. The van der Waals surface area contributed by atoms with E-state index in [2.05, 4.69) is 4.98 Å². The second-order valence-electron chi connectivity index (χ2n) is 2.46. The Balaban J connectivity index is 2.31. The number of hydrogen-bond donors (Lipinski definition) is 2. The summed E-state index contributed by atoms with van der Waals surface area (Å²) in [5.74, 6) is -0.919. The lowest BCUT2D eigenvalue weighted by molar-refractivity contribution is -0.131. The Kier molecular flexibility index (Phi) is 3.45. The van der Waals surface area contributed by atoms with E-state index in [1.807, 2.05) is 5.38 Å². The van der Waals surface area contributed by atoms with Crippen molar-refractivity contribution < 1.29 is 9.90 Å². The second kappa shape index (κ2) is 4.61. The Labute approximate surface area is 79.7 Å². The van der Waals surface area contributed by atoms with Gasteiger partial charge in [0.15, 0.2) is 5.13 Å². The molecule has 0 aliphatic heterocycles. The summed E-state index contributed by atoms with van der Waals surface area (Å²) in [6.07, 6.45) is 4.15. The molecule has 0 saturated carbocycles. The van der Waals surface area contributed by atoms with E-state index in [9.17, 15) is 4.79 Å². The molecule has 0 radical (unpaired) electrons. The van der Waals surface area contributed by atoms with Gasteiger partial charge < -0.3 is 10.8 Å². The number of anilines is 1. The van der Waals surface area contributed by atoms with Crippen molar-refractivity contribution in [1.29, 1.82) is 0 Å². The Morgan fingerprint density at radius 3 is 3.08 bits per heavy atom. The smallest absolute Gasteiger partial charge is 0.327 e. The molecule has 0 bridgehead atoms. The number of thiazole rings is 1. The largest absolute Gasteiger partial charge is 0.478 e. The second-order valence-corrected chi connectivity index (χ2v) is 3.35. The molecular formula is C8H10N2O2S. The molecule has 1 aromatic rings. The summed E-state index contributed by atoms with van der Waals surface area (Å²) < 4.78 is 0. The van der Waals surface area contributed by atoms with Gasteiger partial charge in [0.05, 0.1) is 5.69 Å². The molecule has 0 fully saturated rings. The molecule has 1 heterocycles. The van der Waals surface area contributed by atoms with Crippen LogP contribution in [0.4, 0.5) is 5.13 Å². The Morgan fingerprint density at radius 1 is 1.77 bits per heavy atom. The van der Waals surface area contributed by atoms with E-state index in [1.165, 1.54) is 11.3 Å². The summed E-state index contributed by atoms with van der Waals surface area (Å²) >= 11 is 1.39. The minimum Gasteiger partial charge on any atom is -0.478 e. The lowest BCUT2D eigenvalue weighted by Gasteiger charge is -1.88. The molecule has 1 aromatic heterocycles. The topological polar surface area (TPSA) is 76.2 Å². The van der Waals surface area contributed by atoms with Crippen LogP contribution in [0.15, 0.2) is 17.5 Å². The molecule has 0 unspecified atom stereocenters. The summed E-state index contributed by atoms with van der Waals surface area (Å²) in [7, 11) is 0. The number of aliphatic carboxylic acids is 1. The van der Waals surface area contributed by atoms with Crippen LogP contribution in [0.25, 0.3) is 0 Å². The number of nitrogens with two attached hydrogens (primary N) is 1. The van der Waals surface area contributed by atoms with Crippen LogP contribution in [0.2, 0.25) is 0 Å². The van der Waals surface area contributed by atoms with Crippen molar-refractivity contribution >= 4 is 22.4 Å². The van der Waals surface area contributed by atoms with Gasteiger partial charge in [-0.2, -0.15) is 0 Å². The number of carbonyl (C=O) groups is 1. The Bertz CT molecular complexity index is 320. The maximum Gasteiger partial charge on any atom is 0.327 e. The van der Waals surface area contributed by atoms with E-state index < -0.39 is 5.97 Å². The average molecular weight is 198 g/mol. The molecule has 0 atom stereocenters. The van der Waals surface area contributed by atoms with Gasteiger partial charge in [-0.25, -0.2) is 9.78 Å². The van der Waals surface area contributed by atoms with Gasteiger partial charge in [0, 0.05) is 11.5 Å². The zero-order valence-corrected chi connectivity index (χ0v) is 7.75. The fraction of sp³-hybridized carbons (Fsp3) is 0.250. The highest BCUT2D eigenvalue weighted by atomic mass is 32.1. The van der Waals surface area contributed by atoms with Crippen molar-refractivity contribution in [2.24, 2.45) is 0 Å².